The van der Waals surface area contributed by atoms with Crippen LogP contribution in [-0.4, -0.2) is 20.0 Å². The molecule has 2 radical (unpaired) electrons. The third kappa shape index (κ3) is 1.21. The molecule has 0 amide bonds. The fourth-order valence-electron chi connectivity index (χ4n) is 0.645. The Balaban J connectivity index is 2.45. The summed E-state index contributed by atoms with van der Waals surface area (Å²) in [5.74, 6) is -0.694. The van der Waals surface area contributed by atoms with Crippen LogP contribution in [0.3, 0.4) is 0 Å². The first-order valence-electron chi connectivity index (χ1n) is 2.63. The number of ether oxygens (including phenoxy) is 2. The van der Waals surface area contributed by atoms with E-state index >= 15 is 0 Å². The summed E-state index contributed by atoms with van der Waals surface area (Å²) in [6.45, 7) is 3.35. The van der Waals surface area contributed by atoms with Crippen molar-refractivity contribution >= 4 is 0 Å². The minimum Gasteiger partial charge on any atom is -0.350 e. The number of methoxy groups -OCH3 is 2. The zero-order valence-electron chi connectivity index (χ0n) is 5.47. The molecule has 0 bridgehead atoms. The van der Waals surface area contributed by atoms with Gasteiger partial charge in [0.1, 0.15) is 0 Å². The zero-order chi connectivity index (χ0) is 6.74. The maximum atomic E-state index is 4.99. The van der Waals surface area contributed by atoms with Crippen LogP contribution in [0.5, 0.6) is 0 Å². The molecule has 0 atom stereocenters. The molecule has 0 spiro atoms. The van der Waals surface area contributed by atoms with Gasteiger partial charge >= 0.3 is 0 Å². The molecule has 0 aromatic carbocycles. The quantitative estimate of drug-likeness (QED) is 0.490. The third-order valence-corrected chi connectivity index (χ3v) is 1.27. The highest BCUT2D eigenvalue weighted by molar-refractivity contribution is 4.99. The van der Waals surface area contributed by atoms with Crippen molar-refractivity contribution in [3.8, 4) is 0 Å². The summed E-state index contributed by atoms with van der Waals surface area (Å²) < 4.78 is 9.98. The van der Waals surface area contributed by atoms with Crippen molar-refractivity contribution in [3.63, 3.8) is 0 Å². The fraction of sp³-hybridized carbons (Fsp3) is 0.600. The van der Waals surface area contributed by atoms with Crippen molar-refractivity contribution in [1.29, 1.82) is 0 Å². The monoisotopic (exact) mass is 130 g/mol. The molecule has 1 aliphatic rings. The van der Waals surface area contributed by atoms with E-state index in [0.29, 0.717) is 0 Å². The molecule has 4 heteroatoms. The van der Waals surface area contributed by atoms with Gasteiger partial charge < -0.3 is 9.47 Å². The second kappa shape index (κ2) is 2.62. The summed E-state index contributed by atoms with van der Waals surface area (Å²) >= 11 is 0. The Morgan fingerprint density at radius 1 is 1.11 bits per heavy atom. The van der Waals surface area contributed by atoms with Crippen LogP contribution < -0.4 is 10.9 Å². The van der Waals surface area contributed by atoms with E-state index in [0.717, 1.165) is 0 Å². The molecule has 1 heterocycles. The maximum absolute atomic E-state index is 4.99. The normalized spacial score (nSPS) is 24.7. The molecule has 4 nitrogen and oxygen atoms in total. The number of rotatable bonds is 2. The average molecular weight is 130 g/mol. The molecule has 9 heavy (non-hydrogen) atoms. The van der Waals surface area contributed by atoms with Crippen molar-refractivity contribution in [2.45, 2.75) is 5.79 Å². The van der Waals surface area contributed by atoms with Crippen LogP contribution in [-0.2, 0) is 9.47 Å². The van der Waals surface area contributed by atoms with Crippen molar-refractivity contribution in [3.05, 3.63) is 13.1 Å². The van der Waals surface area contributed by atoms with Gasteiger partial charge in [0.25, 0.3) is 0 Å². The molecule has 2 N–H and O–H groups in total. The highest BCUT2D eigenvalue weighted by atomic mass is 16.7. The molecule has 1 fully saturated rings. The molecule has 1 aliphatic heterocycles. The molecule has 0 unspecified atom stereocenters. The molecule has 1 rings (SSSR count). The van der Waals surface area contributed by atoms with Gasteiger partial charge in [0.2, 0.25) is 5.79 Å². The van der Waals surface area contributed by atoms with Gasteiger partial charge in [-0.1, -0.05) is 0 Å². The van der Waals surface area contributed by atoms with Gasteiger partial charge in [-0.2, -0.15) is 0 Å². The summed E-state index contributed by atoms with van der Waals surface area (Å²) in [5, 5.41) is 0. The number of hydrogen-bond donors (Lipinski definition) is 2. The average Bonchev–Trinajstić information content (AvgIpc) is 2.36. The molecule has 0 saturated carbocycles. The first kappa shape index (κ1) is 6.95. The van der Waals surface area contributed by atoms with E-state index in [4.69, 9.17) is 9.47 Å². The highest BCUT2D eigenvalue weighted by Crippen LogP contribution is 2.18. The van der Waals surface area contributed by atoms with Crippen LogP contribution >= 0.6 is 0 Å². The first-order chi connectivity index (χ1) is 4.33. The number of hydrogen-bond acceptors (Lipinski definition) is 4. The molecule has 1 saturated heterocycles. The lowest BCUT2D eigenvalue weighted by Gasteiger charge is -2.21. The molecule has 52 valence electrons. The van der Waals surface area contributed by atoms with Crippen LogP contribution in [0.1, 0.15) is 0 Å². The van der Waals surface area contributed by atoms with E-state index in [-0.39, 0.29) is 0 Å². The van der Waals surface area contributed by atoms with E-state index in [2.05, 4.69) is 10.9 Å². The lowest BCUT2D eigenvalue weighted by atomic mass is 10.3. The second-order valence-corrected chi connectivity index (χ2v) is 1.71. The largest absolute Gasteiger partial charge is 0.350 e. The summed E-state index contributed by atoms with van der Waals surface area (Å²) in [5.41, 5.74) is 5.47. The SMILES string of the molecule is COC1(OC)[CH]NN[CH]1. The van der Waals surface area contributed by atoms with Gasteiger partial charge in [-0.3, -0.25) is 0 Å². The second-order valence-electron chi connectivity index (χ2n) is 1.71. The Bertz CT molecular complexity index is 85.0. The highest BCUT2D eigenvalue weighted by Gasteiger charge is 2.34. The molecular weight excluding hydrogens is 120 g/mol. The Labute approximate surface area is 54.5 Å². The van der Waals surface area contributed by atoms with E-state index in [1.807, 2.05) is 0 Å². The van der Waals surface area contributed by atoms with Gasteiger partial charge in [0, 0.05) is 14.2 Å². The van der Waals surface area contributed by atoms with Crippen LogP contribution in [0.4, 0.5) is 0 Å². The summed E-state index contributed by atoms with van der Waals surface area (Å²) in [6.07, 6.45) is 0. The molecular formula is C5H10N2O2. The first-order valence-corrected chi connectivity index (χ1v) is 2.63. The molecule has 0 aromatic heterocycles. The van der Waals surface area contributed by atoms with Gasteiger partial charge in [-0.05, 0) is 0 Å². The molecule has 0 aliphatic carbocycles. The van der Waals surface area contributed by atoms with Crippen molar-refractivity contribution in [2.75, 3.05) is 14.2 Å². The van der Waals surface area contributed by atoms with Crippen LogP contribution in [0.25, 0.3) is 0 Å². The third-order valence-electron chi connectivity index (χ3n) is 1.27. The smallest absolute Gasteiger partial charge is 0.205 e. The van der Waals surface area contributed by atoms with Crippen molar-refractivity contribution in [2.24, 2.45) is 0 Å². The van der Waals surface area contributed by atoms with E-state index in [9.17, 15) is 0 Å². The van der Waals surface area contributed by atoms with Crippen LogP contribution in [0.15, 0.2) is 0 Å². The van der Waals surface area contributed by atoms with E-state index in [1.54, 1.807) is 27.3 Å². The Kier molecular flexibility index (Phi) is 2.02. The topological polar surface area (TPSA) is 42.5 Å². The maximum Gasteiger partial charge on any atom is 0.205 e. The number of nitrogens with one attached hydrogen (secondary N) is 2. The van der Waals surface area contributed by atoms with Crippen molar-refractivity contribution < 1.29 is 9.47 Å². The summed E-state index contributed by atoms with van der Waals surface area (Å²) in [7, 11) is 3.15. The minimum atomic E-state index is -0.694. The van der Waals surface area contributed by atoms with Crippen LogP contribution in [0.2, 0.25) is 0 Å². The van der Waals surface area contributed by atoms with E-state index < -0.39 is 5.79 Å². The minimum absolute atomic E-state index is 0.694. The standard InChI is InChI=1S/C5H10N2O2/c1-8-5(9-2)3-6-7-4-5/h3-4,6-7H,1-2H3. The predicted molar refractivity (Wildman–Crippen MR) is 31.6 cm³/mol. The van der Waals surface area contributed by atoms with Crippen LogP contribution in [0, 0.1) is 13.1 Å². The summed E-state index contributed by atoms with van der Waals surface area (Å²) in [6, 6.07) is 0. The van der Waals surface area contributed by atoms with Gasteiger partial charge in [0.15, 0.2) is 0 Å². The Hall–Kier alpha value is -0.160. The molecule has 0 aromatic rings. The fourth-order valence-corrected chi connectivity index (χ4v) is 0.645. The lowest BCUT2D eigenvalue weighted by Crippen LogP contribution is -2.32. The Morgan fingerprint density at radius 3 is 1.78 bits per heavy atom. The van der Waals surface area contributed by atoms with Gasteiger partial charge in [0.05, 0.1) is 13.1 Å². The van der Waals surface area contributed by atoms with E-state index in [1.165, 1.54) is 0 Å². The van der Waals surface area contributed by atoms with Gasteiger partial charge in [-0.15, -0.1) is 0 Å². The van der Waals surface area contributed by atoms with Crippen molar-refractivity contribution in [1.82, 2.24) is 10.9 Å². The summed E-state index contributed by atoms with van der Waals surface area (Å²) in [4.78, 5) is 0. The number of hydrazine groups is 1. The zero-order valence-corrected chi connectivity index (χ0v) is 5.47. The lowest BCUT2D eigenvalue weighted by molar-refractivity contribution is -0.152. The predicted octanol–water partition coefficient (Wildman–Crippen LogP) is -0.593. The Morgan fingerprint density at radius 2 is 1.56 bits per heavy atom. The van der Waals surface area contributed by atoms with Gasteiger partial charge in [-0.25, -0.2) is 10.9 Å².